The van der Waals surface area contributed by atoms with Crippen LogP contribution in [0.4, 0.5) is 0 Å². The summed E-state index contributed by atoms with van der Waals surface area (Å²) in [7, 11) is 49.1. The number of hydrogen-bond donors (Lipinski definition) is 0. The molecule has 2 aromatic heterocycles. The summed E-state index contributed by atoms with van der Waals surface area (Å²) in [5.74, 6) is 0. The fourth-order valence-electron chi connectivity index (χ4n) is 10.3. The Labute approximate surface area is 410 Å². The van der Waals surface area contributed by atoms with Gasteiger partial charge in [0.15, 0.2) is 0 Å². The molecule has 0 amide bonds. The van der Waals surface area contributed by atoms with E-state index in [2.05, 4.69) is 162 Å². The number of hydrogen-bond acceptors (Lipinski definition) is 0. The summed E-state index contributed by atoms with van der Waals surface area (Å²) in [6, 6.07) is 69.5. The Kier molecular flexibility index (Phi) is 10.4. The second-order valence-corrected chi connectivity index (χ2v) is 17.6. The topological polar surface area (TPSA) is 9.86 Å². The van der Waals surface area contributed by atoms with Crippen LogP contribution in [0.2, 0.25) is 0 Å². The van der Waals surface area contributed by atoms with Gasteiger partial charge >= 0.3 is 0 Å². The molecule has 0 bridgehead atoms. The molecule has 10 aromatic carbocycles. The molecule has 0 spiro atoms. The van der Waals surface area contributed by atoms with E-state index in [4.69, 9.17) is 54.9 Å². The number of nitrogens with zero attached hydrogens (tertiary/aromatic N) is 2. The van der Waals surface area contributed by atoms with Crippen molar-refractivity contribution >= 4 is 137 Å². The highest BCUT2D eigenvalue weighted by Crippen LogP contribution is 2.39. The molecule has 12 aromatic rings. The van der Waals surface area contributed by atoms with Crippen LogP contribution in [0.3, 0.4) is 0 Å². The summed E-state index contributed by atoms with van der Waals surface area (Å²) in [6.45, 7) is 0. The molecule has 2 nitrogen and oxygen atoms in total. The smallest absolute Gasteiger partial charge is 0.115 e. The molecule has 69 heavy (non-hydrogen) atoms. The molecule has 0 saturated heterocycles. The number of benzene rings is 10. The Bertz CT molecular complexity index is 4030. The van der Waals surface area contributed by atoms with Crippen LogP contribution in [0.5, 0.6) is 0 Å². The Hall–Kier alpha value is -7.75. The van der Waals surface area contributed by atoms with Crippen molar-refractivity contribution in [3.05, 3.63) is 200 Å². The standard InChI is InChI=1S/C60H33B7N2/c61-52-49(53(62)57(66)59-50(52)51-54(63)55(64)56(65)58(67)60(51)69(59)44-24-12-22-40(31-44)36-17-8-3-9-18-36)42-26-28-48-46(33-42)45-32-41(38-20-10-19-37(29-38)34-13-4-1-5-14-34)25-27-47(45)68(48)43-23-11-21-39(30-43)35-15-6-2-7-16-35/h1-33H. The van der Waals surface area contributed by atoms with Gasteiger partial charge in [-0.2, -0.15) is 0 Å². The van der Waals surface area contributed by atoms with Gasteiger partial charge in [0.2, 0.25) is 0 Å². The lowest BCUT2D eigenvalue weighted by Crippen LogP contribution is -2.48. The maximum Gasteiger partial charge on any atom is 0.115 e. The van der Waals surface area contributed by atoms with Crippen LogP contribution in [-0.4, -0.2) is 64.1 Å². The quantitative estimate of drug-likeness (QED) is 0.145. The largest absolute Gasteiger partial charge is 0.311 e. The second kappa shape index (κ2) is 16.8. The predicted molar refractivity (Wildman–Crippen MR) is 300 cm³/mol. The normalized spacial score (nSPS) is 11.6. The van der Waals surface area contributed by atoms with E-state index in [0.29, 0.717) is 43.8 Å². The fourth-order valence-corrected chi connectivity index (χ4v) is 10.3. The molecule has 0 unspecified atom stereocenters. The van der Waals surface area contributed by atoms with Crippen LogP contribution in [-0.2, 0) is 0 Å². The van der Waals surface area contributed by atoms with Gasteiger partial charge in [-0.3, -0.25) is 0 Å². The summed E-state index contributed by atoms with van der Waals surface area (Å²) in [5.41, 5.74) is 16.9. The van der Waals surface area contributed by atoms with Gasteiger partial charge in [0.25, 0.3) is 0 Å². The highest BCUT2D eigenvalue weighted by atomic mass is 15.0. The first kappa shape index (κ1) is 42.6. The first-order chi connectivity index (χ1) is 33.7. The summed E-state index contributed by atoms with van der Waals surface area (Å²) in [5, 5.41) is 3.18. The summed E-state index contributed by atoms with van der Waals surface area (Å²) < 4.78 is 4.28. The lowest BCUT2D eigenvalue weighted by molar-refractivity contribution is 1.18. The third-order valence-electron chi connectivity index (χ3n) is 13.7. The van der Waals surface area contributed by atoms with Crippen molar-refractivity contribution < 1.29 is 0 Å². The molecular weight excluding hydrogens is 824 g/mol. The van der Waals surface area contributed by atoms with E-state index >= 15 is 0 Å². The molecule has 0 saturated carbocycles. The average molecular weight is 858 g/mol. The van der Waals surface area contributed by atoms with Gasteiger partial charge in [-0.05, 0) is 116 Å². The van der Waals surface area contributed by atoms with Crippen molar-refractivity contribution in [1.82, 2.24) is 9.13 Å². The van der Waals surface area contributed by atoms with Crippen molar-refractivity contribution in [3.63, 3.8) is 0 Å². The van der Waals surface area contributed by atoms with Gasteiger partial charge in [0.05, 0.1) is 11.0 Å². The van der Waals surface area contributed by atoms with E-state index in [-0.39, 0.29) is 21.9 Å². The molecule has 2 heterocycles. The van der Waals surface area contributed by atoms with Crippen LogP contribution in [0.15, 0.2) is 200 Å². The van der Waals surface area contributed by atoms with Crippen LogP contribution >= 0.6 is 0 Å². The zero-order valence-corrected chi connectivity index (χ0v) is 37.5. The first-order valence-electron chi connectivity index (χ1n) is 22.8. The minimum absolute atomic E-state index is 0.170. The predicted octanol–water partition coefficient (Wildman–Crippen LogP) is 7.77. The summed E-state index contributed by atoms with van der Waals surface area (Å²) >= 11 is 0. The van der Waals surface area contributed by atoms with E-state index in [1.54, 1.807) is 0 Å². The van der Waals surface area contributed by atoms with E-state index in [1.165, 1.54) is 0 Å². The molecule has 0 aliphatic heterocycles. The Morgan fingerprint density at radius 2 is 0.623 bits per heavy atom. The third-order valence-corrected chi connectivity index (χ3v) is 13.7. The molecule has 14 radical (unpaired) electrons. The molecule has 304 valence electrons. The van der Waals surface area contributed by atoms with Crippen molar-refractivity contribution in [3.8, 4) is 67.0 Å². The zero-order valence-electron chi connectivity index (χ0n) is 37.5. The first-order valence-corrected chi connectivity index (χ1v) is 22.8. The molecule has 0 fully saturated rings. The van der Waals surface area contributed by atoms with Gasteiger partial charge in [-0.25, -0.2) is 0 Å². The summed E-state index contributed by atoms with van der Waals surface area (Å²) in [4.78, 5) is 0. The molecule has 0 atom stereocenters. The van der Waals surface area contributed by atoms with Gasteiger partial charge < -0.3 is 9.13 Å². The fraction of sp³-hybridized carbons (Fsp3) is 0. The second-order valence-electron chi connectivity index (χ2n) is 17.6. The van der Waals surface area contributed by atoms with Crippen molar-refractivity contribution in [2.24, 2.45) is 0 Å². The minimum atomic E-state index is 0.170. The Morgan fingerprint density at radius 1 is 0.246 bits per heavy atom. The number of aromatic nitrogens is 2. The van der Waals surface area contributed by atoms with Crippen LogP contribution in [0, 0.1) is 0 Å². The minimum Gasteiger partial charge on any atom is -0.311 e. The van der Waals surface area contributed by atoms with Crippen molar-refractivity contribution in [1.29, 1.82) is 0 Å². The molecular formula is C60H33B7N2. The Balaban J connectivity index is 1.11. The van der Waals surface area contributed by atoms with E-state index < -0.39 is 0 Å². The Morgan fingerprint density at radius 3 is 1.16 bits per heavy atom. The van der Waals surface area contributed by atoms with E-state index in [0.717, 1.165) is 83.3 Å². The molecule has 0 N–H and O–H groups in total. The average Bonchev–Trinajstić information content (AvgIpc) is 3.94. The maximum atomic E-state index is 7.47. The number of fused-ring (bicyclic) bond motifs is 6. The van der Waals surface area contributed by atoms with Crippen LogP contribution in [0.1, 0.15) is 0 Å². The van der Waals surface area contributed by atoms with Crippen LogP contribution < -0.4 is 38.2 Å². The van der Waals surface area contributed by atoms with Crippen LogP contribution in [0.25, 0.3) is 111 Å². The van der Waals surface area contributed by atoms with Gasteiger partial charge in [-0.1, -0.05) is 173 Å². The lowest BCUT2D eigenvalue weighted by Gasteiger charge is -2.19. The van der Waals surface area contributed by atoms with Gasteiger partial charge in [0.1, 0.15) is 54.9 Å². The van der Waals surface area contributed by atoms with Gasteiger partial charge in [-0.15, -0.1) is 10.9 Å². The van der Waals surface area contributed by atoms with E-state index in [9.17, 15) is 0 Å². The highest BCUT2D eigenvalue weighted by molar-refractivity contribution is 6.69. The molecule has 0 aliphatic carbocycles. The maximum absolute atomic E-state index is 7.47. The molecule has 0 aliphatic rings. The van der Waals surface area contributed by atoms with Crippen molar-refractivity contribution in [2.75, 3.05) is 0 Å². The van der Waals surface area contributed by atoms with Crippen molar-refractivity contribution in [2.45, 2.75) is 0 Å². The molecule has 12 rings (SSSR count). The third kappa shape index (κ3) is 6.89. The lowest BCUT2D eigenvalue weighted by atomic mass is 9.64. The zero-order chi connectivity index (χ0) is 47.1. The highest BCUT2D eigenvalue weighted by Gasteiger charge is 2.25. The monoisotopic (exact) mass is 858 g/mol. The van der Waals surface area contributed by atoms with E-state index in [1.807, 2.05) is 47.0 Å². The van der Waals surface area contributed by atoms with Gasteiger partial charge in [0, 0.05) is 38.6 Å². The SMILES string of the molecule is [B]c1c([B])c([B])c2c(c1[B])c1c([B])c(-c3ccc4c(c3)c3cc(-c5cccc(-c6ccccc6)c5)ccc3n4-c3cccc(-c4ccccc4)c3)c([B])c([B])c1n2-c1cccc(-c2ccccc2)c1. The molecule has 9 heteroatoms. The summed E-state index contributed by atoms with van der Waals surface area (Å²) in [6.07, 6.45) is 0. The number of rotatable bonds is 7.